The second kappa shape index (κ2) is 7.15. The van der Waals surface area contributed by atoms with Gasteiger partial charge < -0.3 is 14.5 Å². The van der Waals surface area contributed by atoms with Crippen molar-refractivity contribution < 1.29 is 18.7 Å². The molecule has 1 N–H and O–H groups in total. The average Bonchev–Trinajstić information content (AvgIpc) is 3.40. The Balaban J connectivity index is 1.39. The first-order valence-corrected chi connectivity index (χ1v) is 9.47. The zero-order chi connectivity index (χ0) is 17.9. The lowest BCUT2D eigenvalue weighted by Crippen LogP contribution is -2.09. The van der Waals surface area contributed by atoms with E-state index in [0.717, 1.165) is 27.0 Å². The van der Waals surface area contributed by atoms with Crippen LogP contribution in [0, 0.1) is 0 Å². The van der Waals surface area contributed by atoms with Crippen LogP contribution in [-0.4, -0.2) is 11.9 Å². The number of rotatable bonds is 5. The van der Waals surface area contributed by atoms with E-state index in [1.807, 2.05) is 29.6 Å². The third-order valence-electron chi connectivity index (χ3n) is 3.71. The maximum atomic E-state index is 12.3. The van der Waals surface area contributed by atoms with E-state index in [9.17, 15) is 9.59 Å². The number of hydrogen-bond donors (Lipinski definition) is 1. The summed E-state index contributed by atoms with van der Waals surface area (Å²) in [4.78, 5) is 24.6. The number of amides is 1. The molecule has 0 aliphatic rings. The molecule has 0 fully saturated rings. The normalized spacial score (nSPS) is 10.8. The van der Waals surface area contributed by atoms with Gasteiger partial charge in [-0.15, -0.1) is 22.7 Å². The molecule has 3 aromatic heterocycles. The summed E-state index contributed by atoms with van der Waals surface area (Å²) in [5.74, 6) is -0.558. The maximum Gasteiger partial charge on any atom is 0.348 e. The second-order valence-electron chi connectivity index (χ2n) is 5.43. The molecular weight excluding hydrogens is 370 g/mol. The van der Waals surface area contributed by atoms with Crippen LogP contribution in [0.4, 0.5) is 5.00 Å². The van der Waals surface area contributed by atoms with E-state index in [4.69, 9.17) is 9.15 Å². The van der Waals surface area contributed by atoms with Gasteiger partial charge >= 0.3 is 5.97 Å². The third kappa shape index (κ3) is 3.40. The van der Waals surface area contributed by atoms with Crippen LogP contribution >= 0.6 is 22.7 Å². The number of benzene rings is 1. The van der Waals surface area contributed by atoms with E-state index < -0.39 is 5.97 Å². The standard InChI is InChI=1S/C19H13NO4S2/c21-18(14-5-3-9-23-14)20-17-8-7-16(26-17)19(22)24-10-12-11-25-15-6-2-1-4-13(12)15/h1-9,11H,10H2,(H,20,21). The highest BCUT2D eigenvalue weighted by atomic mass is 32.1. The van der Waals surface area contributed by atoms with Crippen molar-refractivity contribution >= 4 is 49.6 Å². The largest absolute Gasteiger partial charge is 0.459 e. The Hall–Kier alpha value is -2.90. The number of furan rings is 1. The predicted molar refractivity (Wildman–Crippen MR) is 102 cm³/mol. The van der Waals surface area contributed by atoms with Crippen molar-refractivity contribution in [1.29, 1.82) is 0 Å². The van der Waals surface area contributed by atoms with Gasteiger partial charge in [0.1, 0.15) is 11.5 Å². The molecular formula is C19H13NO4S2. The minimum absolute atomic E-state index is 0.215. The van der Waals surface area contributed by atoms with E-state index in [0.29, 0.717) is 9.88 Å². The summed E-state index contributed by atoms with van der Waals surface area (Å²) in [6.07, 6.45) is 1.43. The molecule has 130 valence electrons. The topological polar surface area (TPSA) is 68.5 Å². The lowest BCUT2D eigenvalue weighted by atomic mass is 10.2. The van der Waals surface area contributed by atoms with Crippen molar-refractivity contribution in [3.63, 3.8) is 0 Å². The van der Waals surface area contributed by atoms with Crippen molar-refractivity contribution in [3.8, 4) is 0 Å². The zero-order valence-corrected chi connectivity index (χ0v) is 15.1. The molecule has 3 heterocycles. The number of esters is 1. The molecule has 1 amide bonds. The molecule has 0 saturated heterocycles. The molecule has 7 heteroatoms. The number of anilines is 1. The van der Waals surface area contributed by atoms with Crippen LogP contribution in [-0.2, 0) is 11.3 Å². The molecule has 4 aromatic rings. The Morgan fingerprint density at radius 3 is 2.81 bits per heavy atom. The highest BCUT2D eigenvalue weighted by molar-refractivity contribution is 7.18. The summed E-state index contributed by atoms with van der Waals surface area (Å²) in [5, 5.41) is 6.35. The van der Waals surface area contributed by atoms with Crippen LogP contribution < -0.4 is 5.32 Å². The fraction of sp³-hybridized carbons (Fsp3) is 0.0526. The van der Waals surface area contributed by atoms with Crippen LogP contribution in [0.5, 0.6) is 0 Å². The molecule has 1 aromatic carbocycles. The van der Waals surface area contributed by atoms with E-state index in [-0.39, 0.29) is 18.3 Å². The minimum atomic E-state index is -0.413. The first kappa shape index (κ1) is 16.6. The van der Waals surface area contributed by atoms with Crippen LogP contribution in [0.2, 0.25) is 0 Å². The fourth-order valence-electron chi connectivity index (χ4n) is 2.46. The van der Waals surface area contributed by atoms with Crippen LogP contribution in [0.15, 0.2) is 64.6 Å². The predicted octanol–water partition coefficient (Wildman–Crippen LogP) is 5.17. The Kier molecular flexibility index (Phi) is 4.55. The molecule has 0 atom stereocenters. The van der Waals surface area contributed by atoms with Crippen LogP contribution in [0.1, 0.15) is 25.8 Å². The Morgan fingerprint density at radius 2 is 1.96 bits per heavy atom. The van der Waals surface area contributed by atoms with Gasteiger partial charge in [0.2, 0.25) is 0 Å². The van der Waals surface area contributed by atoms with E-state index >= 15 is 0 Å². The Bertz CT molecular complexity index is 1060. The Morgan fingerprint density at radius 1 is 1.08 bits per heavy atom. The second-order valence-corrected chi connectivity index (χ2v) is 7.42. The summed E-state index contributed by atoms with van der Waals surface area (Å²) >= 11 is 2.79. The molecule has 0 saturated carbocycles. The highest BCUT2D eigenvalue weighted by Crippen LogP contribution is 2.27. The van der Waals surface area contributed by atoms with Gasteiger partial charge in [0.15, 0.2) is 5.76 Å². The molecule has 0 aliphatic carbocycles. The average molecular weight is 383 g/mol. The molecule has 0 radical (unpaired) electrons. The van der Waals surface area contributed by atoms with Gasteiger partial charge in [-0.1, -0.05) is 18.2 Å². The number of fused-ring (bicyclic) bond motifs is 1. The SMILES string of the molecule is O=C(Nc1ccc(C(=O)OCc2csc3ccccc23)s1)c1ccco1. The zero-order valence-electron chi connectivity index (χ0n) is 13.4. The number of carbonyl (C=O) groups excluding carboxylic acids is 2. The summed E-state index contributed by atoms with van der Waals surface area (Å²) in [6.45, 7) is 0.217. The van der Waals surface area contributed by atoms with Crippen molar-refractivity contribution in [3.05, 3.63) is 76.4 Å². The van der Waals surface area contributed by atoms with Gasteiger partial charge in [-0.05, 0) is 41.1 Å². The highest BCUT2D eigenvalue weighted by Gasteiger charge is 2.15. The number of ether oxygens (including phenoxy) is 1. The number of thiophene rings is 2. The lowest BCUT2D eigenvalue weighted by Gasteiger charge is -2.02. The van der Waals surface area contributed by atoms with Crippen molar-refractivity contribution in [2.75, 3.05) is 5.32 Å². The lowest BCUT2D eigenvalue weighted by molar-refractivity contribution is 0.0480. The summed E-state index contributed by atoms with van der Waals surface area (Å²) in [7, 11) is 0. The van der Waals surface area contributed by atoms with Crippen molar-refractivity contribution in [1.82, 2.24) is 0 Å². The van der Waals surface area contributed by atoms with Crippen LogP contribution in [0.25, 0.3) is 10.1 Å². The van der Waals surface area contributed by atoms with Crippen molar-refractivity contribution in [2.24, 2.45) is 0 Å². The first-order valence-electron chi connectivity index (χ1n) is 7.77. The Labute approximate surface area is 156 Å². The monoisotopic (exact) mass is 383 g/mol. The van der Waals surface area contributed by atoms with Gasteiger partial charge in [0, 0.05) is 10.3 Å². The van der Waals surface area contributed by atoms with Gasteiger partial charge in [-0.3, -0.25) is 4.79 Å². The number of nitrogens with one attached hydrogen (secondary N) is 1. The molecule has 5 nitrogen and oxygen atoms in total. The van der Waals surface area contributed by atoms with Gasteiger partial charge in [-0.25, -0.2) is 4.79 Å². The molecule has 4 rings (SSSR count). The fourth-order valence-corrected chi connectivity index (χ4v) is 4.20. The number of carbonyl (C=O) groups is 2. The molecule has 0 unspecified atom stereocenters. The molecule has 0 aliphatic heterocycles. The van der Waals surface area contributed by atoms with E-state index in [1.54, 1.807) is 35.6 Å². The van der Waals surface area contributed by atoms with Gasteiger partial charge in [0.05, 0.1) is 11.3 Å². The molecule has 26 heavy (non-hydrogen) atoms. The maximum absolute atomic E-state index is 12.3. The minimum Gasteiger partial charge on any atom is -0.459 e. The van der Waals surface area contributed by atoms with E-state index in [2.05, 4.69) is 5.32 Å². The molecule has 0 spiro atoms. The van der Waals surface area contributed by atoms with Crippen LogP contribution in [0.3, 0.4) is 0 Å². The first-order chi connectivity index (χ1) is 12.7. The van der Waals surface area contributed by atoms with Crippen molar-refractivity contribution in [2.45, 2.75) is 6.61 Å². The third-order valence-corrected chi connectivity index (χ3v) is 5.70. The van der Waals surface area contributed by atoms with Gasteiger partial charge in [-0.2, -0.15) is 0 Å². The number of hydrogen-bond acceptors (Lipinski definition) is 6. The summed E-state index contributed by atoms with van der Waals surface area (Å²) in [6, 6.07) is 14.5. The smallest absolute Gasteiger partial charge is 0.348 e. The van der Waals surface area contributed by atoms with Gasteiger partial charge in [0.25, 0.3) is 5.91 Å². The van der Waals surface area contributed by atoms with E-state index in [1.165, 1.54) is 6.26 Å². The summed E-state index contributed by atoms with van der Waals surface area (Å²) < 4.78 is 11.6. The summed E-state index contributed by atoms with van der Waals surface area (Å²) in [5.41, 5.74) is 0.988. The quantitative estimate of drug-likeness (QED) is 0.483. The molecule has 0 bridgehead atoms.